The van der Waals surface area contributed by atoms with Gasteiger partial charge < -0.3 is 19.1 Å². The minimum atomic E-state index is -0.702. The van der Waals surface area contributed by atoms with Crippen molar-refractivity contribution in [2.75, 3.05) is 32.5 Å². The lowest BCUT2D eigenvalue weighted by Crippen LogP contribution is -2.39. The molecule has 0 aromatic heterocycles. The van der Waals surface area contributed by atoms with Crippen molar-refractivity contribution in [1.29, 1.82) is 0 Å². The first-order chi connectivity index (χ1) is 11.0. The molecule has 0 bridgehead atoms. The number of carbonyl (C=O) groups is 3. The van der Waals surface area contributed by atoms with Gasteiger partial charge in [0.2, 0.25) is 0 Å². The Morgan fingerprint density at radius 2 is 1.74 bits per heavy atom. The van der Waals surface area contributed by atoms with E-state index in [4.69, 9.17) is 14.2 Å². The van der Waals surface area contributed by atoms with Gasteiger partial charge in [-0.2, -0.15) is 0 Å². The summed E-state index contributed by atoms with van der Waals surface area (Å²) in [5.74, 6) is -1.56. The molecule has 7 nitrogen and oxygen atoms in total. The highest BCUT2D eigenvalue weighted by atomic mass is 16.5. The van der Waals surface area contributed by atoms with Gasteiger partial charge in [-0.3, -0.25) is 4.79 Å². The molecule has 23 heavy (non-hydrogen) atoms. The maximum atomic E-state index is 12.2. The van der Waals surface area contributed by atoms with Gasteiger partial charge in [0, 0.05) is 5.56 Å². The molecule has 0 saturated heterocycles. The van der Waals surface area contributed by atoms with Gasteiger partial charge in [-0.15, -0.1) is 0 Å². The first kappa shape index (κ1) is 16.7. The van der Waals surface area contributed by atoms with Crippen molar-refractivity contribution < 1.29 is 28.6 Å². The van der Waals surface area contributed by atoms with E-state index in [1.165, 1.54) is 26.0 Å². The van der Waals surface area contributed by atoms with Crippen LogP contribution < -0.4 is 4.90 Å². The molecule has 1 heterocycles. The number of methoxy groups -OCH3 is 2. The third kappa shape index (κ3) is 3.24. The zero-order valence-electron chi connectivity index (χ0n) is 13.1. The number of carbonyl (C=O) groups excluding carboxylic acids is 3. The summed E-state index contributed by atoms with van der Waals surface area (Å²) in [7, 11) is 2.43. The molecule has 1 aliphatic rings. The van der Waals surface area contributed by atoms with E-state index in [0.717, 1.165) is 0 Å². The molecule has 0 fully saturated rings. The third-order valence-electron chi connectivity index (χ3n) is 3.41. The third-order valence-corrected chi connectivity index (χ3v) is 3.41. The summed E-state index contributed by atoms with van der Waals surface area (Å²) >= 11 is 0. The van der Waals surface area contributed by atoms with Crippen LogP contribution in [0.25, 0.3) is 0 Å². The number of esters is 2. The molecule has 0 N–H and O–H groups in total. The van der Waals surface area contributed by atoms with Crippen LogP contribution in [0.2, 0.25) is 0 Å². The summed E-state index contributed by atoms with van der Waals surface area (Å²) in [6.45, 7) is 1.36. The summed E-state index contributed by atoms with van der Waals surface area (Å²) in [5.41, 5.74) is 0.924. The molecule has 0 aliphatic carbocycles. The highest BCUT2D eigenvalue weighted by molar-refractivity contribution is 6.06. The van der Waals surface area contributed by atoms with Gasteiger partial charge in [0.25, 0.3) is 0 Å². The van der Waals surface area contributed by atoms with Crippen molar-refractivity contribution >= 4 is 23.4 Å². The molecule has 0 amide bonds. The van der Waals surface area contributed by atoms with Crippen LogP contribution in [0.1, 0.15) is 17.3 Å². The second-order valence-electron chi connectivity index (χ2n) is 4.79. The summed E-state index contributed by atoms with van der Waals surface area (Å²) < 4.78 is 14.9. The minimum absolute atomic E-state index is 0.00915. The van der Waals surface area contributed by atoms with Crippen LogP contribution in [-0.2, 0) is 23.8 Å². The zero-order valence-corrected chi connectivity index (χ0v) is 13.1. The van der Waals surface area contributed by atoms with Crippen LogP contribution in [0.4, 0.5) is 5.69 Å². The van der Waals surface area contributed by atoms with Crippen LogP contribution in [0.5, 0.6) is 0 Å². The van der Waals surface area contributed by atoms with Crippen molar-refractivity contribution in [3.63, 3.8) is 0 Å². The molecule has 1 aliphatic heterocycles. The Hall–Kier alpha value is -2.67. The molecule has 7 heteroatoms. The Morgan fingerprint density at radius 1 is 1.09 bits per heavy atom. The van der Waals surface area contributed by atoms with Crippen molar-refractivity contribution in [2.45, 2.75) is 6.92 Å². The van der Waals surface area contributed by atoms with Gasteiger partial charge in [0.05, 0.1) is 32.1 Å². The lowest BCUT2D eigenvalue weighted by atomic mass is 10.1. The molecule has 0 saturated carbocycles. The monoisotopic (exact) mass is 319 g/mol. The van der Waals surface area contributed by atoms with E-state index < -0.39 is 11.9 Å². The molecule has 1 aromatic rings. The number of anilines is 1. The fourth-order valence-electron chi connectivity index (χ4n) is 2.34. The lowest BCUT2D eigenvalue weighted by Gasteiger charge is -2.32. The fraction of sp³-hybridized carbons (Fsp3) is 0.312. The van der Waals surface area contributed by atoms with Crippen molar-refractivity contribution in [3.8, 4) is 0 Å². The van der Waals surface area contributed by atoms with Gasteiger partial charge >= 0.3 is 11.9 Å². The van der Waals surface area contributed by atoms with E-state index >= 15 is 0 Å². The predicted molar refractivity (Wildman–Crippen MR) is 80.8 cm³/mol. The average molecular weight is 319 g/mol. The number of rotatable bonds is 4. The lowest BCUT2D eigenvalue weighted by molar-refractivity contribution is -0.140. The zero-order chi connectivity index (χ0) is 17.0. The first-order valence-corrected chi connectivity index (χ1v) is 6.86. The number of ketones is 1. The van der Waals surface area contributed by atoms with E-state index in [1.54, 1.807) is 24.3 Å². The molecule has 2 rings (SSSR count). The van der Waals surface area contributed by atoms with Gasteiger partial charge in [-0.05, 0) is 19.1 Å². The smallest absolute Gasteiger partial charge is 0.355 e. The van der Waals surface area contributed by atoms with Crippen LogP contribution in [0.3, 0.4) is 0 Å². The SMILES string of the molecule is COC(=O)C1=C(C(=O)OC)N(c2ccccc2C(C)=O)COC1. The van der Waals surface area contributed by atoms with Gasteiger partial charge in [0.1, 0.15) is 12.4 Å². The number of hydrogen-bond donors (Lipinski definition) is 0. The number of para-hydroxylation sites is 1. The molecular formula is C16H17NO6. The Kier molecular flexibility index (Phi) is 5.13. The van der Waals surface area contributed by atoms with Crippen molar-refractivity contribution in [3.05, 3.63) is 41.1 Å². The first-order valence-electron chi connectivity index (χ1n) is 6.86. The van der Waals surface area contributed by atoms with Crippen molar-refractivity contribution in [1.82, 2.24) is 0 Å². The minimum Gasteiger partial charge on any atom is -0.466 e. The normalized spacial score (nSPS) is 14.5. The largest absolute Gasteiger partial charge is 0.466 e. The Balaban J connectivity index is 2.63. The second-order valence-corrected chi connectivity index (χ2v) is 4.79. The molecule has 0 atom stereocenters. The van der Waals surface area contributed by atoms with Gasteiger partial charge in [-0.25, -0.2) is 9.59 Å². The molecule has 122 valence electrons. The number of Topliss-reactive ketones (excluding diaryl/α,β-unsaturated/α-hetero) is 1. The summed E-state index contributed by atoms with van der Waals surface area (Å²) in [6, 6.07) is 6.75. The fourth-order valence-corrected chi connectivity index (χ4v) is 2.34. The standard InChI is InChI=1S/C16H17NO6/c1-10(18)11-6-4-5-7-13(11)17-9-23-8-12(15(19)21-2)14(17)16(20)22-3/h4-7H,8-9H2,1-3H3. The predicted octanol–water partition coefficient (Wildman–Crippen LogP) is 1.28. The number of nitrogens with zero attached hydrogens (tertiary/aromatic N) is 1. The van der Waals surface area contributed by atoms with Gasteiger partial charge in [0.15, 0.2) is 5.78 Å². The van der Waals surface area contributed by atoms with Crippen LogP contribution in [0, 0.1) is 0 Å². The Morgan fingerprint density at radius 3 is 2.35 bits per heavy atom. The van der Waals surface area contributed by atoms with Crippen LogP contribution in [0.15, 0.2) is 35.5 Å². The number of hydrogen-bond acceptors (Lipinski definition) is 7. The van der Waals surface area contributed by atoms with E-state index in [2.05, 4.69) is 0 Å². The highest BCUT2D eigenvalue weighted by Crippen LogP contribution is 2.29. The van der Waals surface area contributed by atoms with E-state index in [1.807, 2.05) is 0 Å². The maximum absolute atomic E-state index is 12.2. The molecule has 0 spiro atoms. The average Bonchev–Trinajstić information content (AvgIpc) is 2.59. The quantitative estimate of drug-likeness (QED) is 0.611. The molecule has 1 aromatic carbocycles. The van der Waals surface area contributed by atoms with Crippen molar-refractivity contribution in [2.24, 2.45) is 0 Å². The highest BCUT2D eigenvalue weighted by Gasteiger charge is 2.33. The Bertz CT molecular complexity index is 679. The van der Waals surface area contributed by atoms with E-state index in [0.29, 0.717) is 11.3 Å². The summed E-state index contributed by atoms with van der Waals surface area (Å²) in [5, 5.41) is 0. The summed E-state index contributed by atoms with van der Waals surface area (Å²) in [6.07, 6.45) is 0. The Labute approximate surface area is 133 Å². The summed E-state index contributed by atoms with van der Waals surface area (Å²) in [4.78, 5) is 37.4. The van der Waals surface area contributed by atoms with Crippen LogP contribution in [-0.4, -0.2) is 45.3 Å². The maximum Gasteiger partial charge on any atom is 0.355 e. The van der Waals surface area contributed by atoms with E-state index in [-0.39, 0.29) is 30.4 Å². The van der Waals surface area contributed by atoms with Crippen LogP contribution >= 0.6 is 0 Å². The van der Waals surface area contributed by atoms with E-state index in [9.17, 15) is 14.4 Å². The number of ether oxygens (including phenoxy) is 3. The molecule has 0 radical (unpaired) electrons. The van der Waals surface area contributed by atoms with Gasteiger partial charge in [-0.1, -0.05) is 12.1 Å². The molecular weight excluding hydrogens is 302 g/mol. The topological polar surface area (TPSA) is 82.1 Å². The molecule has 0 unspecified atom stereocenters. The number of benzene rings is 1. The second kappa shape index (κ2) is 7.06.